The molecule has 0 saturated heterocycles. The summed E-state index contributed by atoms with van der Waals surface area (Å²) >= 11 is 0. The van der Waals surface area contributed by atoms with Crippen molar-refractivity contribution in [3.63, 3.8) is 0 Å². The molecular weight excluding hydrogens is 263 g/mol. The number of rotatable bonds is 4. The van der Waals surface area contributed by atoms with Gasteiger partial charge >= 0.3 is 5.97 Å². The minimum atomic E-state index is -1.04. The van der Waals surface area contributed by atoms with Crippen LogP contribution in [0, 0.1) is 5.82 Å². The number of carboxylic acids is 1. The van der Waals surface area contributed by atoms with Crippen LogP contribution in [-0.4, -0.2) is 22.5 Å². The van der Waals surface area contributed by atoms with Crippen LogP contribution >= 0.6 is 0 Å². The number of ketones is 1. The number of hydrogen-bond donors (Lipinski definition) is 1. The van der Waals surface area contributed by atoms with Crippen LogP contribution in [0.1, 0.15) is 49.0 Å². The molecule has 0 aromatic heterocycles. The first-order valence-electron chi connectivity index (χ1n) is 6.55. The molecule has 0 unspecified atom stereocenters. The van der Waals surface area contributed by atoms with Crippen LogP contribution in [0.3, 0.4) is 0 Å². The van der Waals surface area contributed by atoms with Gasteiger partial charge in [0, 0.05) is 12.0 Å². The molecule has 0 atom stereocenters. The number of ether oxygens (including phenoxy) is 1. The van der Waals surface area contributed by atoms with Gasteiger partial charge in [0.1, 0.15) is 5.60 Å². The molecule has 108 valence electrons. The molecule has 1 heterocycles. The lowest BCUT2D eigenvalue weighted by Crippen LogP contribution is -2.33. The highest BCUT2D eigenvalue weighted by Crippen LogP contribution is 2.36. The lowest BCUT2D eigenvalue weighted by molar-refractivity contribution is -0.136. The SMILES string of the molecule is CC1(C)CCc2cc(C(=O)CCC(=O)O)cc(F)c2O1. The van der Waals surface area contributed by atoms with Crippen molar-refractivity contribution in [3.8, 4) is 5.75 Å². The highest BCUT2D eigenvalue weighted by Gasteiger charge is 2.29. The van der Waals surface area contributed by atoms with Crippen LogP contribution in [-0.2, 0) is 11.2 Å². The molecule has 1 N–H and O–H groups in total. The van der Waals surface area contributed by atoms with Crippen molar-refractivity contribution in [2.24, 2.45) is 0 Å². The maximum Gasteiger partial charge on any atom is 0.303 e. The number of aliphatic carboxylic acids is 1. The van der Waals surface area contributed by atoms with E-state index in [2.05, 4.69) is 0 Å². The Balaban J connectivity index is 2.25. The van der Waals surface area contributed by atoms with E-state index < -0.39 is 17.4 Å². The average Bonchev–Trinajstić information content (AvgIpc) is 2.36. The third-order valence-corrected chi connectivity index (χ3v) is 3.38. The van der Waals surface area contributed by atoms with E-state index in [9.17, 15) is 14.0 Å². The van der Waals surface area contributed by atoms with E-state index in [0.29, 0.717) is 12.0 Å². The third kappa shape index (κ3) is 3.15. The summed E-state index contributed by atoms with van der Waals surface area (Å²) in [5.74, 6) is -1.76. The summed E-state index contributed by atoms with van der Waals surface area (Å²) in [4.78, 5) is 22.3. The van der Waals surface area contributed by atoms with Crippen molar-refractivity contribution in [2.75, 3.05) is 0 Å². The lowest BCUT2D eigenvalue weighted by Gasteiger charge is -2.32. The highest BCUT2D eigenvalue weighted by molar-refractivity contribution is 5.97. The van der Waals surface area contributed by atoms with Gasteiger partial charge in [-0.15, -0.1) is 0 Å². The van der Waals surface area contributed by atoms with Gasteiger partial charge in [-0.3, -0.25) is 9.59 Å². The smallest absolute Gasteiger partial charge is 0.303 e. The molecule has 0 aliphatic carbocycles. The standard InChI is InChI=1S/C15H17FO4/c1-15(2)6-5-9-7-10(8-11(16)14(9)20-15)12(17)3-4-13(18)19/h7-8H,3-6H2,1-2H3,(H,18,19). The van der Waals surface area contributed by atoms with Crippen molar-refractivity contribution >= 4 is 11.8 Å². The number of hydrogen-bond acceptors (Lipinski definition) is 3. The first kappa shape index (κ1) is 14.5. The molecule has 5 heteroatoms. The Morgan fingerprint density at radius 2 is 2.05 bits per heavy atom. The predicted octanol–water partition coefficient (Wildman–Crippen LogP) is 2.98. The average molecular weight is 280 g/mol. The molecule has 0 bridgehead atoms. The number of aryl methyl sites for hydroxylation is 1. The number of carboxylic acid groups (broad SMARTS) is 1. The molecule has 1 aliphatic rings. The fraction of sp³-hybridized carbons (Fsp3) is 0.467. The van der Waals surface area contributed by atoms with E-state index >= 15 is 0 Å². The van der Waals surface area contributed by atoms with E-state index in [-0.39, 0.29) is 29.9 Å². The Bertz CT molecular complexity index is 563. The van der Waals surface area contributed by atoms with Crippen LogP contribution in [0.4, 0.5) is 4.39 Å². The summed E-state index contributed by atoms with van der Waals surface area (Å²) in [6, 6.07) is 2.74. The maximum atomic E-state index is 14.0. The summed E-state index contributed by atoms with van der Waals surface area (Å²) in [7, 11) is 0. The zero-order chi connectivity index (χ0) is 14.9. The number of carbonyl (C=O) groups excluding carboxylic acids is 1. The van der Waals surface area contributed by atoms with E-state index in [1.54, 1.807) is 6.07 Å². The Hall–Kier alpha value is -1.91. The summed E-state index contributed by atoms with van der Waals surface area (Å²) in [5, 5.41) is 8.57. The summed E-state index contributed by atoms with van der Waals surface area (Å²) < 4.78 is 19.6. The van der Waals surface area contributed by atoms with Gasteiger partial charge in [0.05, 0.1) is 6.42 Å². The van der Waals surface area contributed by atoms with E-state index in [1.165, 1.54) is 0 Å². The zero-order valence-corrected chi connectivity index (χ0v) is 11.5. The van der Waals surface area contributed by atoms with Crippen molar-refractivity contribution in [1.82, 2.24) is 0 Å². The van der Waals surface area contributed by atoms with Gasteiger partial charge in [-0.25, -0.2) is 4.39 Å². The molecule has 0 amide bonds. The Labute approximate surface area is 116 Å². The summed E-state index contributed by atoms with van der Waals surface area (Å²) in [6.07, 6.45) is 1.01. The minimum Gasteiger partial charge on any atom is -0.484 e. The fourth-order valence-electron chi connectivity index (χ4n) is 2.24. The second-order valence-electron chi connectivity index (χ2n) is 5.62. The van der Waals surface area contributed by atoms with Crippen molar-refractivity contribution in [3.05, 3.63) is 29.1 Å². The van der Waals surface area contributed by atoms with Gasteiger partial charge < -0.3 is 9.84 Å². The second-order valence-corrected chi connectivity index (χ2v) is 5.62. The molecule has 1 aliphatic heterocycles. The van der Waals surface area contributed by atoms with Gasteiger partial charge in [0.25, 0.3) is 0 Å². The molecule has 0 saturated carbocycles. The number of carbonyl (C=O) groups is 2. The van der Waals surface area contributed by atoms with Crippen LogP contribution in [0.15, 0.2) is 12.1 Å². The Kier molecular flexibility index (Phi) is 3.79. The van der Waals surface area contributed by atoms with Gasteiger partial charge in [-0.05, 0) is 44.4 Å². The zero-order valence-electron chi connectivity index (χ0n) is 11.5. The Morgan fingerprint density at radius 3 is 2.70 bits per heavy atom. The number of fused-ring (bicyclic) bond motifs is 1. The molecule has 1 aromatic carbocycles. The second kappa shape index (κ2) is 5.23. The number of halogens is 1. The molecule has 2 rings (SSSR count). The van der Waals surface area contributed by atoms with Crippen LogP contribution in [0.25, 0.3) is 0 Å². The predicted molar refractivity (Wildman–Crippen MR) is 70.6 cm³/mol. The van der Waals surface area contributed by atoms with Gasteiger partial charge in [-0.1, -0.05) is 0 Å². The lowest BCUT2D eigenvalue weighted by atomic mass is 9.92. The molecule has 1 aromatic rings. The Morgan fingerprint density at radius 1 is 1.35 bits per heavy atom. The molecule has 4 nitrogen and oxygen atoms in total. The van der Waals surface area contributed by atoms with Crippen LogP contribution in [0.2, 0.25) is 0 Å². The quantitative estimate of drug-likeness (QED) is 0.861. The normalized spacial score (nSPS) is 16.1. The van der Waals surface area contributed by atoms with E-state index in [0.717, 1.165) is 12.5 Å². The minimum absolute atomic E-state index is 0.125. The largest absolute Gasteiger partial charge is 0.484 e. The maximum absolute atomic E-state index is 14.0. The fourth-order valence-corrected chi connectivity index (χ4v) is 2.24. The van der Waals surface area contributed by atoms with E-state index in [4.69, 9.17) is 9.84 Å². The van der Waals surface area contributed by atoms with Crippen molar-refractivity contribution in [2.45, 2.75) is 45.1 Å². The van der Waals surface area contributed by atoms with Crippen molar-refractivity contribution < 1.29 is 23.8 Å². The molecule has 0 radical (unpaired) electrons. The summed E-state index contributed by atoms with van der Waals surface area (Å²) in [5.41, 5.74) is 0.469. The molecule has 0 spiro atoms. The highest BCUT2D eigenvalue weighted by atomic mass is 19.1. The first-order valence-corrected chi connectivity index (χ1v) is 6.55. The van der Waals surface area contributed by atoms with E-state index in [1.807, 2.05) is 13.8 Å². The van der Waals surface area contributed by atoms with Crippen LogP contribution in [0.5, 0.6) is 5.75 Å². The van der Waals surface area contributed by atoms with Crippen LogP contribution < -0.4 is 4.74 Å². The molecule has 20 heavy (non-hydrogen) atoms. The molecular formula is C15H17FO4. The summed E-state index contributed by atoms with van der Waals surface area (Å²) in [6.45, 7) is 3.78. The first-order chi connectivity index (χ1) is 9.28. The topological polar surface area (TPSA) is 63.6 Å². The monoisotopic (exact) mass is 280 g/mol. The third-order valence-electron chi connectivity index (χ3n) is 3.38. The van der Waals surface area contributed by atoms with Gasteiger partial charge in [0.2, 0.25) is 0 Å². The number of Topliss-reactive ketones (excluding diaryl/α,β-unsaturated/α-hetero) is 1. The van der Waals surface area contributed by atoms with Gasteiger partial charge in [-0.2, -0.15) is 0 Å². The van der Waals surface area contributed by atoms with Crippen molar-refractivity contribution in [1.29, 1.82) is 0 Å². The van der Waals surface area contributed by atoms with Gasteiger partial charge in [0.15, 0.2) is 17.3 Å². The number of benzene rings is 1. The molecule has 0 fully saturated rings.